The standard InChI is InChI=1S/C24H27NO3/c1-4-22(28-23-11-7-9-19-8-5-6-10-21(19)23)24(26)25-14-15-27-20-13-12-17(2)18(3)16-20/h5-13,16,22H,4,14-15H2,1-3H3,(H,25,26)/t22-/m1/s1. The van der Waals surface area contributed by atoms with Crippen molar-refractivity contribution in [1.29, 1.82) is 0 Å². The van der Waals surface area contributed by atoms with Crippen LogP contribution in [-0.2, 0) is 4.79 Å². The summed E-state index contributed by atoms with van der Waals surface area (Å²) in [5.74, 6) is 1.42. The molecule has 4 heteroatoms. The second kappa shape index (κ2) is 9.27. The summed E-state index contributed by atoms with van der Waals surface area (Å²) in [5, 5.41) is 5.01. The molecule has 0 aliphatic rings. The van der Waals surface area contributed by atoms with Crippen LogP contribution in [0.2, 0.25) is 0 Å². The van der Waals surface area contributed by atoms with Gasteiger partial charge in [0, 0.05) is 5.39 Å². The SMILES string of the molecule is CC[C@@H](Oc1cccc2ccccc12)C(=O)NCCOc1ccc(C)c(C)c1. The van der Waals surface area contributed by atoms with Gasteiger partial charge in [0.25, 0.3) is 5.91 Å². The molecule has 3 rings (SSSR count). The Labute approximate surface area is 166 Å². The Morgan fingerprint density at radius 3 is 2.57 bits per heavy atom. The Bertz CT molecular complexity index is 946. The molecule has 0 aliphatic heterocycles. The molecule has 1 atom stereocenters. The number of aryl methyl sites for hydroxylation is 2. The molecule has 0 saturated carbocycles. The van der Waals surface area contributed by atoms with Gasteiger partial charge in [-0.3, -0.25) is 4.79 Å². The third-order valence-electron chi connectivity index (χ3n) is 4.83. The first-order valence-electron chi connectivity index (χ1n) is 9.70. The third kappa shape index (κ3) is 4.83. The second-order valence-corrected chi connectivity index (χ2v) is 6.88. The van der Waals surface area contributed by atoms with Gasteiger partial charge >= 0.3 is 0 Å². The highest BCUT2D eigenvalue weighted by atomic mass is 16.5. The highest BCUT2D eigenvalue weighted by Crippen LogP contribution is 2.26. The van der Waals surface area contributed by atoms with Crippen molar-refractivity contribution in [2.24, 2.45) is 0 Å². The maximum Gasteiger partial charge on any atom is 0.261 e. The zero-order chi connectivity index (χ0) is 19.9. The summed E-state index contributed by atoms with van der Waals surface area (Å²) < 4.78 is 11.8. The summed E-state index contributed by atoms with van der Waals surface area (Å²) in [6, 6.07) is 19.9. The van der Waals surface area contributed by atoms with Crippen LogP contribution in [0.3, 0.4) is 0 Å². The minimum atomic E-state index is -0.535. The lowest BCUT2D eigenvalue weighted by Crippen LogP contribution is -2.39. The molecule has 1 amide bonds. The van der Waals surface area contributed by atoms with Crippen LogP contribution < -0.4 is 14.8 Å². The average Bonchev–Trinajstić information content (AvgIpc) is 2.71. The number of ether oxygens (including phenoxy) is 2. The molecule has 0 radical (unpaired) electrons. The molecule has 0 saturated heterocycles. The zero-order valence-corrected chi connectivity index (χ0v) is 16.7. The molecule has 3 aromatic carbocycles. The number of carbonyl (C=O) groups is 1. The zero-order valence-electron chi connectivity index (χ0n) is 16.7. The van der Waals surface area contributed by atoms with E-state index in [0.717, 1.165) is 22.3 Å². The smallest absolute Gasteiger partial charge is 0.261 e. The normalized spacial score (nSPS) is 11.8. The Hall–Kier alpha value is -3.01. The molecule has 0 aromatic heterocycles. The highest BCUT2D eigenvalue weighted by molar-refractivity contribution is 5.89. The lowest BCUT2D eigenvalue weighted by atomic mass is 10.1. The Morgan fingerprint density at radius 2 is 1.79 bits per heavy atom. The number of rotatable bonds is 8. The van der Waals surface area contributed by atoms with Crippen LogP contribution >= 0.6 is 0 Å². The van der Waals surface area contributed by atoms with Gasteiger partial charge in [0.05, 0.1) is 6.54 Å². The van der Waals surface area contributed by atoms with E-state index in [1.165, 1.54) is 11.1 Å². The summed E-state index contributed by atoms with van der Waals surface area (Å²) in [6.45, 7) is 6.92. The number of benzene rings is 3. The van der Waals surface area contributed by atoms with Crippen LogP contribution in [0.1, 0.15) is 24.5 Å². The van der Waals surface area contributed by atoms with Crippen molar-refractivity contribution in [2.75, 3.05) is 13.2 Å². The average molecular weight is 377 g/mol. The number of nitrogens with one attached hydrogen (secondary N) is 1. The van der Waals surface area contributed by atoms with Gasteiger partial charge in [-0.2, -0.15) is 0 Å². The molecule has 4 nitrogen and oxygen atoms in total. The van der Waals surface area contributed by atoms with E-state index < -0.39 is 6.10 Å². The predicted molar refractivity (Wildman–Crippen MR) is 113 cm³/mol. The van der Waals surface area contributed by atoms with Crippen LogP contribution in [0.5, 0.6) is 11.5 Å². The van der Waals surface area contributed by atoms with Gasteiger partial charge < -0.3 is 14.8 Å². The van der Waals surface area contributed by atoms with Gasteiger partial charge in [-0.25, -0.2) is 0 Å². The van der Waals surface area contributed by atoms with Gasteiger partial charge in [-0.05, 0) is 55.0 Å². The molecule has 1 N–H and O–H groups in total. The minimum absolute atomic E-state index is 0.126. The van der Waals surface area contributed by atoms with Crippen LogP contribution in [0, 0.1) is 13.8 Å². The molecular formula is C24H27NO3. The summed E-state index contributed by atoms with van der Waals surface area (Å²) in [5.41, 5.74) is 2.42. The minimum Gasteiger partial charge on any atom is -0.492 e. The molecule has 3 aromatic rings. The van der Waals surface area contributed by atoms with Crippen molar-refractivity contribution in [3.8, 4) is 11.5 Å². The molecule has 0 aliphatic carbocycles. The van der Waals surface area contributed by atoms with Gasteiger partial charge in [-0.15, -0.1) is 0 Å². The largest absolute Gasteiger partial charge is 0.492 e. The Morgan fingerprint density at radius 1 is 1.00 bits per heavy atom. The molecule has 0 bridgehead atoms. The van der Waals surface area contributed by atoms with Crippen molar-refractivity contribution in [2.45, 2.75) is 33.3 Å². The maximum atomic E-state index is 12.5. The number of fused-ring (bicyclic) bond motifs is 1. The topological polar surface area (TPSA) is 47.6 Å². The van der Waals surface area contributed by atoms with Crippen molar-refractivity contribution in [3.05, 3.63) is 71.8 Å². The summed E-state index contributed by atoms with van der Waals surface area (Å²) in [6.07, 6.45) is 0.0556. The van der Waals surface area contributed by atoms with E-state index in [4.69, 9.17) is 9.47 Å². The first-order chi connectivity index (χ1) is 13.6. The predicted octanol–water partition coefficient (Wildman–Crippen LogP) is 4.81. The lowest BCUT2D eigenvalue weighted by molar-refractivity contribution is -0.128. The van der Waals surface area contributed by atoms with Gasteiger partial charge in [0.1, 0.15) is 18.1 Å². The van der Waals surface area contributed by atoms with Crippen molar-refractivity contribution >= 4 is 16.7 Å². The fraction of sp³-hybridized carbons (Fsp3) is 0.292. The second-order valence-electron chi connectivity index (χ2n) is 6.88. The fourth-order valence-electron chi connectivity index (χ4n) is 3.03. The van der Waals surface area contributed by atoms with Crippen LogP contribution in [0.4, 0.5) is 0 Å². The van der Waals surface area contributed by atoms with Gasteiger partial charge in [0.15, 0.2) is 6.10 Å². The molecule has 0 spiro atoms. The fourth-order valence-corrected chi connectivity index (χ4v) is 3.03. The molecule has 0 unspecified atom stereocenters. The van der Waals surface area contributed by atoms with Crippen LogP contribution in [0.25, 0.3) is 10.8 Å². The molecular weight excluding hydrogens is 350 g/mol. The van der Waals surface area contributed by atoms with Gasteiger partial charge in [-0.1, -0.05) is 49.4 Å². The van der Waals surface area contributed by atoms with Crippen LogP contribution in [-0.4, -0.2) is 25.2 Å². The van der Waals surface area contributed by atoms with Crippen molar-refractivity contribution in [1.82, 2.24) is 5.32 Å². The van der Waals surface area contributed by atoms with Crippen molar-refractivity contribution in [3.63, 3.8) is 0 Å². The Balaban J connectivity index is 1.54. The first kappa shape index (κ1) is 19.7. The quantitative estimate of drug-likeness (QED) is 0.573. The Kier molecular flexibility index (Phi) is 6.53. The van der Waals surface area contributed by atoms with Gasteiger partial charge in [0.2, 0.25) is 0 Å². The van der Waals surface area contributed by atoms with Crippen molar-refractivity contribution < 1.29 is 14.3 Å². The summed E-state index contributed by atoms with van der Waals surface area (Å²) in [4.78, 5) is 12.5. The maximum absolute atomic E-state index is 12.5. The van der Waals surface area contributed by atoms with E-state index in [2.05, 4.69) is 19.2 Å². The summed E-state index contributed by atoms with van der Waals surface area (Å²) >= 11 is 0. The van der Waals surface area contributed by atoms with Crippen LogP contribution in [0.15, 0.2) is 60.7 Å². The van der Waals surface area contributed by atoms with E-state index in [-0.39, 0.29) is 5.91 Å². The molecule has 28 heavy (non-hydrogen) atoms. The highest BCUT2D eigenvalue weighted by Gasteiger charge is 2.18. The van der Waals surface area contributed by atoms with E-state index in [1.807, 2.05) is 67.6 Å². The molecule has 0 fully saturated rings. The monoisotopic (exact) mass is 377 g/mol. The number of hydrogen-bond acceptors (Lipinski definition) is 3. The van der Waals surface area contributed by atoms with E-state index in [0.29, 0.717) is 19.6 Å². The van der Waals surface area contributed by atoms with E-state index >= 15 is 0 Å². The molecule has 146 valence electrons. The third-order valence-corrected chi connectivity index (χ3v) is 4.83. The number of hydrogen-bond donors (Lipinski definition) is 1. The number of amides is 1. The summed E-state index contributed by atoms with van der Waals surface area (Å²) in [7, 11) is 0. The molecule has 0 heterocycles. The van der Waals surface area contributed by atoms with E-state index in [9.17, 15) is 4.79 Å². The lowest BCUT2D eigenvalue weighted by Gasteiger charge is -2.18. The van der Waals surface area contributed by atoms with E-state index in [1.54, 1.807) is 0 Å². The number of carbonyl (C=O) groups excluding carboxylic acids is 1. The first-order valence-corrected chi connectivity index (χ1v) is 9.70.